The van der Waals surface area contributed by atoms with E-state index >= 15 is 0 Å². The lowest BCUT2D eigenvalue weighted by Gasteiger charge is -2.25. The number of H-pyrrole nitrogens is 1. The monoisotopic (exact) mass is 330 g/mol. The fourth-order valence-corrected chi connectivity index (χ4v) is 3.45. The lowest BCUT2D eigenvalue weighted by atomic mass is 9.99. The highest BCUT2D eigenvalue weighted by Crippen LogP contribution is 2.36. The van der Waals surface area contributed by atoms with Crippen LogP contribution in [0.4, 0.5) is 0 Å². The zero-order chi connectivity index (χ0) is 16.8. The number of carbonyl (C=O) groups is 1. The van der Waals surface area contributed by atoms with Crippen LogP contribution in [0, 0.1) is 6.92 Å². The highest BCUT2D eigenvalue weighted by molar-refractivity contribution is 5.94. The van der Waals surface area contributed by atoms with Crippen molar-refractivity contribution in [3.8, 4) is 0 Å². The first-order valence-electron chi connectivity index (χ1n) is 8.45. The molecule has 2 N–H and O–H groups in total. The second-order valence-electron chi connectivity index (χ2n) is 6.70. The van der Waals surface area contributed by atoms with Gasteiger partial charge in [0.25, 0.3) is 5.91 Å². The third-order valence-electron chi connectivity index (χ3n) is 4.70. The van der Waals surface area contributed by atoms with Crippen LogP contribution in [-0.4, -0.2) is 37.0 Å². The summed E-state index contributed by atoms with van der Waals surface area (Å²) in [5.74, 6) is 1.52. The van der Waals surface area contributed by atoms with Gasteiger partial charge >= 0.3 is 0 Å². The number of amides is 1. The molecule has 0 spiro atoms. The Bertz CT molecular complexity index is 776. The summed E-state index contributed by atoms with van der Waals surface area (Å²) < 4.78 is 7.89. The molecule has 0 bridgehead atoms. The average Bonchev–Trinajstić information content (AvgIpc) is 3.17. The summed E-state index contributed by atoms with van der Waals surface area (Å²) in [6, 6.07) is 0.490. The van der Waals surface area contributed by atoms with Crippen molar-refractivity contribution in [3.05, 3.63) is 28.6 Å². The minimum Gasteiger partial charge on any atom is -0.369 e. The fraction of sp³-hybridized carbons (Fsp3) is 0.625. The summed E-state index contributed by atoms with van der Waals surface area (Å²) in [6.07, 6.45) is 3.01. The van der Waals surface area contributed by atoms with E-state index in [9.17, 15) is 4.79 Å². The summed E-state index contributed by atoms with van der Waals surface area (Å²) in [6.45, 7) is 6.28. The fourth-order valence-electron chi connectivity index (χ4n) is 3.45. The van der Waals surface area contributed by atoms with Crippen LogP contribution in [0.15, 0.2) is 0 Å². The van der Waals surface area contributed by atoms with Gasteiger partial charge in [0.05, 0.1) is 24.4 Å². The van der Waals surface area contributed by atoms with Crippen LogP contribution in [0.5, 0.6) is 0 Å². The summed E-state index contributed by atoms with van der Waals surface area (Å²) in [4.78, 5) is 12.6. The number of nitrogens with one attached hydrogen (secondary N) is 2. The predicted octanol–water partition coefficient (Wildman–Crippen LogP) is 1.60. The Balaban J connectivity index is 1.50. The molecule has 2 aliphatic rings. The molecule has 1 fully saturated rings. The molecule has 8 heteroatoms. The van der Waals surface area contributed by atoms with Crippen molar-refractivity contribution in [2.24, 2.45) is 0 Å². The Morgan fingerprint density at radius 2 is 2.17 bits per heavy atom. The van der Waals surface area contributed by atoms with Crippen molar-refractivity contribution in [1.29, 1.82) is 0 Å². The molecular weight excluding hydrogens is 308 g/mol. The number of hydrogen-bond donors (Lipinski definition) is 2. The van der Waals surface area contributed by atoms with E-state index in [1.807, 2.05) is 20.8 Å². The zero-order valence-corrected chi connectivity index (χ0v) is 14.2. The summed E-state index contributed by atoms with van der Waals surface area (Å²) in [5, 5.41) is 18.4. The SMILES string of the molecule is Cc1nnc(CNC(=O)c2n[nH]c3c2C[C@@H](C)O[C@H]3C)n1C1CC1. The standard InChI is InChI=1S/C16H22N6O2/c1-8-6-12-14(9(2)24-8)20-21-15(12)16(23)17-7-13-19-18-10(3)22(13)11-4-5-11/h8-9,11H,4-7H2,1-3H3,(H,17,23)(H,20,21)/t8-,9+/m1/s1. The number of fused-ring (bicyclic) bond motifs is 1. The van der Waals surface area contributed by atoms with Crippen LogP contribution in [-0.2, 0) is 17.7 Å². The van der Waals surface area contributed by atoms with E-state index in [2.05, 4.69) is 30.3 Å². The molecule has 4 rings (SSSR count). The Morgan fingerprint density at radius 3 is 2.92 bits per heavy atom. The van der Waals surface area contributed by atoms with E-state index in [1.165, 1.54) is 0 Å². The smallest absolute Gasteiger partial charge is 0.272 e. The Labute approximate surface area is 140 Å². The van der Waals surface area contributed by atoms with Gasteiger partial charge in [-0.05, 0) is 33.6 Å². The van der Waals surface area contributed by atoms with E-state index in [-0.39, 0.29) is 18.1 Å². The molecule has 24 heavy (non-hydrogen) atoms. The molecule has 1 saturated carbocycles. The molecular formula is C16H22N6O2. The average molecular weight is 330 g/mol. The third kappa shape index (κ3) is 2.60. The molecule has 3 heterocycles. The number of aryl methyl sites for hydroxylation is 1. The third-order valence-corrected chi connectivity index (χ3v) is 4.70. The normalized spacial score (nSPS) is 23.1. The van der Waals surface area contributed by atoms with Gasteiger partial charge in [0, 0.05) is 18.0 Å². The van der Waals surface area contributed by atoms with Gasteiger partial charge in [-0.3, -0.25) is 9.89 Å². The number of rotatable bonds is 4. The van der Waals surface area contributed by atoms with Gasteiger partial charge in [-0.1, -0.05) is 0 Å². The number of aromatic amines is 1. The van der Waals surface area contributed by atoms with Gasteiger partial charge in [0.15, 0.2) is 11.5 Å². The van der Waals surface area contributed by atoms with Crippen LogP contribution in [0.25, 0.3) is 0 Å². The van der Waals surface area contributed by atoms with Gasteiger partial charge in [-0.25, -0.2) is 0 Å². The lowest BCUT2D eigenvalue weighted by molar-refractivity contribution is -0.00697. The molecule has 0 aromatic carbocycles. The molecule has 1 aliphatic heterocycles. The van der Waals surface area contributed by atoms with Crippen molar-refractivity contribution >= 4 is 5.91 Å². The van der Waals surface area contributed by atoms with E-state index in [0.717, 1.165) is 35.7 Å². The number of nitrogens with zero attached hydrogens (tertiary/aromatic N) is 4. The summed E-state index contributed by atoms with van der Waals surface area (Å²) >= 11 is 0. The Kier molecular flexibility index (Phi) is 3.64. The van der Waals surface area contributed by atoms with Gasteiger partial charge < -0.3 is 14.6 Å². The van der Waals surface area contributed by atoms with E-state index < -0.39 is 0 Å². The summed E-state index contributed by atoms with van der Waals surface area (Å²) in [5.41, 5.74) is 2.31. The van der Waals surface area contributed by atoms with Crippen molar-refractivity contribution in [2.45, 2.75) is 64.8 Å². The van der Waals surface area contributed by atoms with Crippen LogP contribution < -0.4 is 5.32 Å². The molecule has 1 amide bonds. The number of carbonyl (C=O) groups excluding carboxylic acids is 1. The minimum absolute atomic E-state index is 0.0709. The van der Waals surface area contributed by atoms with Crippen molar-refractivity contribution < 1.29 is 9.53 Å². The number of hydrogen-bond acceptors (Lipinski definition) is 5. The van der Waals surface area contributed by atoms with E-state index in [0.29, 0.717) is 24.7 Å². The first-order chi connectivity index (χ1) is 11.5. The molecule has 2 atom stereocenters. The second-order valence-corrected chi connectivity index (χ2v) is 6.70. The predicted molar refractivity (Wildman–Crippen MR) is 85.5 cm³/mol. The molecule has 0 saturated heterocycles. The van der Waals surface area contributed by atoms with Gasteiger partial charge in [-0.15, -0.1) is 10.2 Å². The molecule has 2 aromatic rings. The maximum Gasteiger partial charge on any atom is 0.272 e. The van der Waals surface area contributed by atoms with Crippen molar-refractivity contribution in [2.75, 3.05) is 0 Å². The first kappa shape index (κ1) is 15.3. The summed E-state index contributed by atoms with van der Waals surface area (Å²) in [7, 11) is 0. The largest absolute Gasteiger partial charge is 0.369 e. The van der Waals surface area contributed by atoms with Gasteiger partial charge in [0.1, 0.15) is 5.82 Å². The highest BCUT2D eigenvalue weighted by atomic mass is 16.5. The zero-order valence-electron chi connectivity index (χ0n) is 14.2. The minimum atomic E-state index is -0.184. The van der Waals surface area contributed by atoms with Crippen LogP contribution in [0.3, 0.4) is 0 Å². The van der Waals surface area contributed by atoms with Crippen LogP contribution in [0.1, 0.15) is 72.2 Å². The maximum absolute atomic E-state index is 12.6. The van der Waals surface area contributed by atoms with Gasteiger partial charge in [-0.2, -0.15) is 5.10 Å². The number of aromatic nitrogens is 5. The molecule has 1 aliphatic carbocycles. The quantitative estimate of drug-likeness (QED) is 0.887. The first-order valence-corrected chi connectivity index (χ1v) is 8.45. The molecule has 128 valence electrons. The van der Waals surface area contributed by atoms with Crippen LogP contribution >= 0.6 is 0 Å². The number of ether oxygens (including phenoxy) is 1. The second kappa shape index (κ2) is 5.70. The highest BCUT2D eigenvalue weighted by Gasteiger charge is 2.31. The lowest BCUT2D eigenvalue weighted by Crippen LogP contribution is -2.28. The molecule has 8 nitrogen and oxygen atoms in total. The molecule has 0 radical (unpaired) electrons. The van der Waals surface area contributed by atoms with Crippen molar-refractivity contribution in [1.82, 2.24) is 30.3 Å². The van der Waals surface area contributed by atoms with E-state index in [4.69, 9.17) is 4.74 Å². The maximum atomic E-state index is 12.6. The van der Waals surface area contributed by atoms with Crippen molar-refractivity contribution in [3.63, 3.8) is 0 Å². The van der Waals surface area contributed by atoms with E-state index in [1.54, 1.807) is 0 Å². The molecule has 0 unspecified atom stereocenters. The van der Waals surface area contributed by atoms with Crippen LogP contribution in [0.2, 0.25) is 0 Å². The Morgan fingerprint density at radius 1 is 1.38 bits per heavy atom. The van der Waals surface area contributed by atoms with Gasteiger partial charge in [0.2, 0.25) is 0 Å². The Hall–Kier alpha value is -2.22. The molecule has 2 aromatic heterocycles. The topological polar surface area (TPSA) is 97.7 Å².